The minimum atomic E-state index is -0.153. The van der Waals surface area contributed by atoms with Crippen molar-refractivity contribution in [3.63, 3.8) is 0 Å². The Morgan fingerprint density at radius 3 is 2.90 bits per heavy atom. The summed E-state index contributed by atoms with van der Waals surface area (Å²) in [6.45, 7) is 6.07. The first kappa shape index (κ1) is 24.7. The van der Waals surface area contributed by atoms with Crippen molar-refractivity contribution < 1.29 is 14.3 Å². The van der Waals surface area contributed by atoms with E-state index in [0.29, 0.717) is 32.1 Å². The van der Waals surface area contributed by atoms with Crippen LogP contribution in [0.3, 0.4) is 0 Å². The maximum absolute atomic E-state index is 12.5. The lowest BCUT2D eigenvalue weighted by Gasteiger charge is -2.39. The van der Waals surface area contributed by atoms with Crippen LogP contribution in [0.25, 0.3) is 16.6 Å². The standard InChI is InChI=1S/C31H27N7O3/c1-3-4-30(39)38-12-11-37-17-22(38)18-40-28-16-25-24(15-26(28)37)31(34-19-33-25)35-21-5-6-27(20(2)13-21)41-23-7-9-36-10-8-32-29(36)14-23/h5-10,13-16,19,22H,11-12,17-18H2,1-2H3,(H,33,34,35)/t22-/m1/s1. The molecule has 2 aliphatic heterocycles. The van der Waals surface area contributed by atoms with Crippen LogP contribution >= 0.6 is 0 Å². The van der Waals surface area contributed by atoms with Crippen LogP contribution in [0.5, 0.6) is 17.2 Å². The van der Waals surface area contributed by atoms with Gasteiger partial charge in [0.1, 0.15) is 41.6 Å². The van der Waals surface area contributed by atoms with Crippen molar-refractivity contribution in [2.75, 3.05) is 36.5 Å². The Hall–Kier alpha value is -5.30. The van der Waals surface area contributed by atoms with Gasteiger partial charge in [0, 0.05) is 61.4 Å². The monoisotopic (exact) mass is 545 g/mol. The van der Waals surface area contributed by atoms with E-state index in [1.54, 1.807) is 19.4 Å². The van der Waals surface area contributed by atoms with E-state index in [1.807, 2.05) is 65.0 Å². The quantitative estimate of drug-likeness (QED) is 0.329. The van der Waals surface area contributed by atoms with Gasteiger partial charge < -0.3 is 29.0 Å². The van der Waals surface area contributed by atoms with Gasteiger partial charge in [-0.1, -0.05) is 5.92 Å². The number of hydrogen-bond donors (Lipinski definition) is 1. The predicted molar refractivity (Wildman–Crippen MR) is 156 cm³/mol. The summed E-state index contributed by atoms with van der Waals surface area (Å²) in [5, 5.41) is 4.35. The highest BCUT2D eigenvalue weighted by molar-refractivity contribution is 5.96. The van der Waals surface area contributed by atoms with Crippen LogP contribution in [-0.2, 0) is 4.79 Å². The SMILES string of the molecule is CC#CC(=O)N1CCN2C[C@@H]1COc1cc3ncnc(Nc4ccc(Oc5ccn6ccnc6c5)c(C)c4)c3cc12. The van der Waals surface area contributed by atoms with E-state index in [-0.39, 0.29) is 11.9 Å². The summed E-state index contributed by atoms with van der Waals surface area (Å²) in [7, 11) is 0. The van der Waals surface area contributed by atoms with E-state index in [2.05, 4.69) is 43.1 Å². The molecule has 1 N–H and O–H groups in total. The molecule has 0 saturated carbocycles. The third-order valence-electron chi connectivity index (χ3n) is 7.50. The smallest absolute Gasteiger partial charge is 0.298 e. The summed E-state index contributed by atoms with van der Waals surface area (Å²) < 4.78 is 14.3. The Morgan fingerprint density at radius 2 is 2.02 bits per heavy atom. The van der Waals surface area contributed by atoms with Crippen LogP contribution in [0.2, 0.25) is 0 Å². The minimum absolute atomic E-state index is 0.0679. The fourth-order valence-electron chi connectivity index (χ4n) is 5.44. The molecule has 2 aromatic carbocycles. The number of nitrogens with one attached hydrogen (secondary N) is 1. The molecule has 1 amide bonds. The van der Waals surface area contributed by atoms with E-state index < -0.39 is 0 Å². The van der Waals surface area contributed by atoms with Gasteiger partial charge in [-0.25, -0.2) is 15.0 Å². The molecular formula is C31H27N7O3. The molecule has 0 aliphatic carbocycles. The molecule has 10 nitrogen and oxygen atoms in total. The molecule has 7 rings (SSSR count). The highest BCUT2D eigenvalue weighted by Crippen LogP contribution is 2.39. The molecule has 0 radical (unpaired) electrons. The van der Waals surface area contributed by atoms with Crippen LogP contribution in [0.15, 0.2) is 67.4 Å². The fraction of sp³-hybridized carbons (Fsp3) is 0.226. The molecule has 0 unspecified atom stereocenters. The molecule has 204 valence electrons. The average Bonchev–Trinajstić information content (AvgIpc) is 3.40. The Labute approximate surface area is 236 Å². The van der Waals surface area contributed by atoms with E-state index in [1.165, 1.54) is 0 Å². The van der Waals surface area contributed by atoms with Crippen molar-refractivity contribution in [2.24, 2.45) is 0 Å². The van der Waals surface area contributed by atoms with E-state index in [4.69, 9.17) is 9.47 Å². The van der Waals surface area contributed by atoms with Gasteiger partial charge in [0.2, 0.25) is 0 Å². The predicted octanol–water partition coefficient (Wildman–Crippen LogP) is 4.55. The van der Waals surface area contributed by atoms with E-state index in [9.17, 15) is 4.79 Å². The molecule has 2 bridgehead atoms. The Balaban J connectivity index is 1.14. The highest BCUT2D eigenvalue weighted by Gasteiger charge is 2.34. The lowest BCUT2D eigenvalue weighted by atomic mass is 10.1. The number of carbonyl (C=O) groups is 1. The molecule has 41 heavy (non-hydrogen) atoms. The molecule has 10 heteroatoms. The summed E-state index contributed by atoms with van der Waals surface area (Å²) in [6, 6.07) is 13.7. The van der Waals surface area contributed by atoms with Gasteiger partial charge in [0.15, 0.2) is 0 Å². The number of pyridine rings is 1. The zero-order valence-corrected chi connectivity index (χ0v) is 22.7. The first-order chi connectivity index (χ1) is 20.1. The molecule has 1 fully saturated rings. The molecule has 2 aliphatic rings. The Morgan fingerprint density at radius 1 is 1.10 bits per heavy atom. The molecule has 0 spiro atoms. The number of ether oxygens (including phenoxy) is 2. The average molecular weight is 546 g/mol. The number of imidazole rings is 1. The number of carbonyl (C=O) groups excluding carboxylic acids is 1. The number of aromatic nitrogens is 4. The van der Waals surface area contributed by atoms with Crippen molar-refractivity contribution in [3.05, 3.63) is 72.9 Å². The molecule has 1 saturated heterocycles. The Bertz CT molecular complexity index is 1870. The van der Waals surface area contributed by atoms with Gasteiger partial charge in [-0.05, 0) is 55.7 Å². The number of fused-ring (bicyclic) bond motifs is 6. The van der Waals surface area contributed by atoms with Gasteiger partial charge >= 0.3 is 0 Å². The molecule has 3 aromatic heterocycles. The maximum Gasteiger partial charge on any atom is 0.298 e. The highest BCUT2D eigenvalue weighted by atomic mass is 16.5. The van der Waals surface area contributed by atoms with Crippen molar-refractivity contribution in [1.29, 1.82) is 0 Å². The zero-order valence-electron chi connectivity index (χ0n) is 22.7. The summed E-state index contributed by atoms with van der Waals surface area (Å²) in [6.07, 6.45) is 7.13. The first-order valence-electron chi connectivity index (χ1n) is 13.4. The second-order valence-electron chi connectivity index (χ2n) is 10.1. The topological polar surface area (TPSA) is 97.1 Å². The van der Waals surface area contributed by atoms with Gasteiger partial charge in [-0.2, -0.15) is 0 Å². The van der Waals surface area contributed by atoms with Gasteiger partial charge in [0.05, 0.1) is 17.2 Å². The van der Waals surface area contributed by atoms with Crippen molar-refractivity contribution in [2.45, 2.75) is 19.9 Å². The van der Waals surface area contributed by atoms with E-state index >= 15 is 0 Å². The van der Waals surface area contributed by atoms with Crippen molar-refractivity contribution in [3.8, 4) is 29.1 Å². The molecule has 1 atom stereocenters. The second-order valence-corrected chi connectivity index (χ2v) is 10.1. The molecule has 5 heterocycles. The van der Waals surface area contributed by atoms with Crippen LogP contribution in [-0.4, -0.2) is 62.4 Å². The summed E-state index contributed by atoms with van der Waals surface area (Å²) >= 11 is 0. The van der Waals surface area contributed by atoms with Gasteiger partial charge in [-0.3, -0.25) is 4.79 Å². The minimum Gasteiger partial charge on any atom is -0.489 e. The number of benzene rings is 2. The first-order valence-corrected chi connectivity index (χ1v) is 13.4. The summed E-state index contributed by atoms with van der Waals surface area (Å²) in [5.74, 6) is 8.17. The number of amides is 1. The van der Waals surface area contributed by atoms with Crippen molar-refractivity contribution >= 4 is 39.6 Å². The van der Waals surface area contributed by atoms with Crippen LogP contribution < -0.4 is 19.7 Å². The number of hydrogen-bond acceptors (Lipinski definition) is 8. The van der Waals surface area contributed by atoms with Gasteiger partial charge in [0.25, 0.3) is 5.91 Å². The zero-order chi connectivity index (χ0) is 27.9. The van der Waals surface area contributed by atoms with Crippen molar-refractivity contribution in [1.82, 2.24) is 24.3 Å². The second kappa shape index (κ2) is 10.0. The lowest BCUT2D eigenvalue weighted by molar-refractivity contribution is -0.128. The number of anilines is 3. The Kier molecular flexibility index (Phi) is 6.04. The van der Waals surface area contributed by atoms with Crippen LogP contribution in [0, 0.1) is 18.8 Å². The maximum atomic E-state index is 12.5. The molecule has 5 aromatic rings. The normalized spacial score (nSPS) is 15.9. The van der Waals surface area contributed by atoms with Gasteiger partial charge in [-0.15, -0.1) is 0 Å². The number of aryl methyl sites for hydroxylation is 1. The largest absolute Gasteiger partial charge is 0.489 e. The summed E-state index contributed by atoms with van der Waals surface area (Å²) in [4.78, 5) is 30.0. The van der Waals surface area contributed by atoms with Crippen LogP contribution in [0.4, 0.5) is 17.2 Å². The van der Waals surface area contributed by atoms with E-state index in [0.717, 1.165) is 50.7 Å². The third kappa shape index (κ3) is 4.61. The lowest BCUT2D eigenvalue weighted by Crippen LogP contribution is -2.56. The summed E-state index contributed by atoms with van der Waals surface area (Å²) in [5.41, 5.74) is 4.43. The molecular weight excluding hydrogens is 518 g/mol. The van der Waals surface area contributed by atoms with Crippen LogP contribution in [0.1, 0.15) is 12.5 Å². The third-order valence-corrected chi connectivity index (χ3v) is 7.50. The number of piperazine rings is 1. The number of nitrogens with zero attached hydrogens (tertiary/aromatic N) is 6. The fourth-order valence-corrected chi connectivity index (χ4v) is 5.44. The number of rotatable bonds is 4.